The lowest BCUT2D eigenvalue weighted by atomic mass is 10.00. The van der Waals surface area contributed by atoms with Gasteiger partial charge >= 0.3 is 12.3 Å². The summed E-state index contributed by atoms with van der Waals surface area (Å²) in [6.07, 6.45) is 0.519. The number of hydrogen-bond acceptors (Lipinski definition) is 5. The summed E-state index contributed by atoms with van der Waals surface area (Å²) in [5.41, 5.74) is 8.63. The lowest BCUT2D eigenvalue weighted by Crippen LogP contribution is -2.36. The Morgan fingerprint density at radius 2 is 2.07 bits per heavy atom. The van der Waals surface area contributed by atoms with Gasteiger partial charge in [0.25, 0.3) is 0 Å². The van der Waals surface area contributed by atoms with E-state index in [1.165, 1.54) is 19.3 Å². The van der Waals surface area contributed by atoms with E-state index in [-0.39, 0.29) is 18.2 Å². The van der Waals surface area contributed by atoms with Gasteiger partial charge in [0.2, 0.25) is 0 Å². The number of pyridine rings is 1. The van der Waals surface area contributed by atoms with E-state index >= 15 is 0 Å². The first kappa shape index (κ1) is 21.6. The van der Waals surface area contributed by atoms with Crippen molar-refractivity contribution in [1.29, 1.82) is 0 Å². The van der Waals surface area contributed by atoms with Crippen molar-refractivity contribution in [3.63, 3.8) is 0 Å². The monoisotopic (exact) mass is 420 g/mol. The summed E-state index contributed by atoms with van der Waals surface area (Å²) < 4.78 is 45.6. The molecule has 160 valence electrons. The average molecular weight is 420 g/mol. The van der Waals surface area contributed by atoms with Gasteiger partial charge in [0, 0.05) is 29.2 Å². The number of nitrogens with two attached hydrogens (primary N) is 1. The molecule has 1 unspecified atom stereocenters. The van der Waals surface area contributed by atoms with Crippen LogP contribution in [0.3, 0.4) is 0 Å². The number of fused-ring (bicyclic) bond motifs is 4. The summed E-state index contributed by atoms with van der Waals surface area (Å²) in [5, 5.41) is 5.08. The highest BCUT2D eigenvalue weighted by molar-refractivity contribution is 5.88. The number of anilines is 2. The van der Waals surface area contributed by atoms with Gasteiger partial charge in [0.15, 0.2) is 0 Å². The van der Waals surface area contributed by atoms with Crippen molar-refractivity contribution in [1.82, 2.24) is 4.98 Å². The fraction of sp³-hybridized carbons (Fsp3) is 0.333. The van der Waals surface area contributed by atoms with Crippen molar-refractivity contribution in [3.8, 4) is 11.1 Å². The van der Waals surface area contributed by atoms with Crippen molar-refractivity contribution in [2.75, 3.05) is 17.7 Å². The van der Waals surface area contributed by atoms with Crippen LogP contribution in [0.25, 0.3) is 11.1 Å². The van der Waals surface area contributed by atoms with E-state index in [0.29, 0.717) is 35.3 Å². The van der Waals surface area contributed by atoms with Crippen LogP contribution in [0.2, 0.25) is 0 Å². The van der Waals surface area contributed by atoms with Gasteiger partial charge < -0.3 is 15.8 Å². The van der Waals surface area contributed by atoms with E-state index in [4.69, 9.17) is 5.73 Å². The van der Waals surface area contributed by atoms with E-state index in [1.807, 2.05) is 0 Å². The Morgan fingerprint density at radius 1 is 1.27 bits per heavy atom. The molecule has 2 heterocycles. The number of carbonyl (C=O) groups excluding carboxylic acids is 1. The number of ether oxygens (including phenoxy) is 1. The number of aromatic nitrogens is 1. The maximum Gasteiger partial charge on any atom is 0.411 e. The topological polar surface area (TPSA) is 89.3 Å². The highest BCUT2D eigenvalue weighted by atomic mass is 19.4. The molecule has 0 saturated heterocycles. The number of alkyl halides is 3. The summed E-state index contributed by atoms with van der Waals surface area (Å²) in [6.45, 7) is 0. The first-order chi connectivity index (χ1) is 14.3. The molecule has 0 aliphatic carbocycles. The first-order valence-corrected chi connectivity index (χ1v) is 9.47. The molecule has 2 bridgehead atoms. The maximum absolute atomic E-state index is 13.7. The van der Waals surface area contributed by atoms with Gasteiger partial charge in [0.05, 0.1) is 12.8 Å². The van der Waals surface area contributed by atoms with Crippen LogP contribution < -0.4 is 16.4 Å². The molecule has 0 spiro atoms. The standard InChI is InChI=1S/C21H23F3N4O2/c1-30-20(29)27-14-7-8-15-13-9-10-26-18(11-13)16(25)5-3-2-4-6-19(21(22,23)24)28-17(15)12-14/h2,4,7-12,16,19,28H,3,5-6,25H2,1H3,(H,27,29)/b4-2+/t16-,19?/m0/s1. The minimum atomic E-state index is -4.46. The summed E-state index contributed by atoms with van der Waals surface area (Å²) in [4.78, 5) is 15.8. The zero-order valence-electron chi connectivity index (χ0n) is 16.4. The predicted octanol–water partition coefficient (Wildman–Crippen LogP) is 5.01. The van der Waals surface area contributed by atoms with Crippen molar-refractivity contribution < 1.29 is 22.7 Å². The lowest BCUT2D eigenvalue weighted by molar-refractivity contribution is -0.141. The molecule has 0 fully saturated rings. The number of rotatable bonds is 1. The Bertz CT molecular complexity index is 931. The van der Waals surface area contributed by atoms with Crippen LogP contribution in [-0.4, -0.2) is 30.4 Å². The largest absolute Gasteiger partial charge is 0.453 e. The number of methoxy groups -OCH3 is 1. The van der Waals surface area contributed by atoms with Gasteiger partial charge in [-0.05, 0) is 49.1 Å². The molecule has 4 N–H and O–H groups in total. The third kappa shape index (κ3) is 5.29. The normalized spacial score (nSPS) is 20.4. The number of nitrogens with one attached hydrogen (secondary N) is 2. The summed E-state index contributed by atoms with van der Waals surface area (Å²) in [7, 11) is 1.21. The molecule has 1 aromatic carbocycles. The van der Waals surface area contributed by atoms with Crippen LogP contribution in [0, 0.1) is 0 Å². The Morgan fingerprint density at radius 3 is 2.80 bits per heavy atom. The predicted molar refractivity (Wildman–Crippen MR) is 109 cm³/mol. The number of benzene rings is 1. The molecular weight excluding hydrogens is 397 g/mol. The zero-order chi connectivity index (χ0) is 21.7. The molecule has 2 aromatic rings. The Balaban J connectivity index is 2.11. The smallest absolute Gasteiger partial charge is 0.411 e. The molecule has 1 aromatic heterocycles. The van der Waals surface area contributed by atoms with E-state index in [9.17, 15) is 18.0 Å². The number of amides is 1. The molecule has 9 heteroatoms. The Hall–Kier alpha value is -3.07. The molecule has 30 heavy (non-hydrogen) atoms. The second kappa shape index (κ2) is 9.17. The number of allylic oxidation sites excluding steroid dienone is 1. The third-order valence-corrected chi connectivity index (χ3v) is 4.83. The third-order valence-electron chi connectivity index (χ3n) is 4.83. The van der Waals surface area contributed by atoms with E-state index < -0.39 is 18.3 Å². The number of nitrogens with zero attached hydrogens (tertiary/aromatic N) is 1. The Kier molecular flexibility index (Phi) is 6.61. The van der Waals surface area contributed by atoms with Crippen molar-refractivity contribution >= 4 is 17.5 Å². The molecular formula is C21H23F3N4O2. The highest BCUT2D eigenvalue weighted by Gasteiger charge is 2.39. The maximum atomic E-state index is 13.7. The highest BCUT2D eigenvalue weighted by Crippen LogP contribution is 2.35. The van der Waals surface area contributed by atoms with Crippen LogP contribution >= 0.6 is 0 Å². The van der Waals surface area contributed by atoms with Crippen molar-refractivity contribution in [2.24, 2.45) is 5.73 Å². The molecule has 1 aliphatic rings. The molecule has 2 atom stereocenters. The quantitative estimate of drug-likeness (QED) is 0.565. The minimum Gasteiger partial charge on any atom is -0.453 e. The molecule has 0 radical (unpaired) electrons. The van der Waals surface area contributed by atoms with E-state index in [0.717, 1.165) is 0 Å². The number of halogens is 3. The van der Waals surface area contributed by atoms with Gasteiger partial charge in [-0.3, -0.25) is 10.3 Å². The zero-order valence-corrected chi connectivity index (χ0v) is 16.4. The lowest BCUT2D eigenvalue weighted by Gasteiger charge is -2.24. The van der Waals surface area contributed by atoms with Crippen LogP contribution in [0.4, 0.5) is 29.3 Å². The van der Waals surface area contributed by atoms with Gasteiger partial charge in [0.1, 0.15) is 6.04 Å². The minimum absolute atomic E-state index is 0.226. The summed E-state index contributed by atoms with van der Waals surface area (Å²) in [6, 6.07) is 6.06. The second-order valence-corrected chi connectivity index (χ2v) is 6.98. The van der Waals surface area contributed by atoms with Gasteiger partial charge in [-0.1, -0.05) is 18.2 Å². The fourth-order valence-corrected chi connectivity index (χ4v) is 3.22. The van der Waals surface area contributed by atoms with Crippen LogP contribution in [0.1, 0.15) is 31.0 Å². The molecule has 6 nitrogen and oxygen atoms in total. The first-order valence-electron chi connectivity index (χ1n) is 9.47. The fourth-order valence-electron chi connectivity index (χ4n) is 3.22. The number of carbonyl (C=O) groups is 1. The summed E-state index contributed by atoms with van der Waals surface area (Å²) >= 11 is 0. The van der Waals surface area contributed by atoms with Gasteiger partial charge in [-0.15, -0.1) is 0 Å². The Labute approximate surface area is 172 Å². The second-order valence-electron chi connectivity index (χ2n) is 6.98. The SMILES string of the molecule is COC(=O)Nc1ccc2c(c1)NC(C(F)(F)F)C/C=C/CC[C@H](N)c1cc-2ccn1. The van der Waals surface area contributed by atoms with Crippen LogP contribution in [0.15, 0.2) is 48.7 Å². The van der Waals surface area contributed by atoms with E-state index in [2.05, 4.69) is 20.4 Å². The molecule has 3 rings (SSSR count). The average Bonchev–Trinajstić information content (AvgIpc) is 2.72. The summed E-state index contributed by atoms with van der Waals surface area (Å²) in [5.74, 6) is 0. The van der Waals surface area contributed by atoms with Gasteiger partial charge in [-0.2, -0.15) is 13.2 Å². The number of hydrogen-bond donors (Lipinski definition) is 3. The van der Waals surface area contributed by atoms with Crippen LogP contribution in [-0.2, 0) is 4.74 Å². The van der Waals surface area contributed by atoms with Gasteiger partial charge in [-0.25, -0.2) is 4.79 Å². The molecule has 1 amide bonds. The molecule has 1 aliphatic heterocycles. The molecule has 0 saturated carbocycles. The van der Waals surface area contributed by atoms with Crippen LogP contribution in [0.5, 0.6) is 0 Å². The van der Waals surface area contributed by atoms with E-state index in [1.54, 1.807) is 36.5 Å². The van der Waals surface area contributed by atoms with Crippen molar-refractivity contribution in [2.45, 2.75) is 37.5 Å². The van der Waals surface area contributed by atoms with Crippen molar-refractivity contribution in [3.05, 3.63) is 54.4 Å².